The first-order valence-electron chi connectivity index (χ1n) is 8.41. The van der Waals surface area contributed by atoms with Gasteiger partial charge in [0.2, 0.25) is 0 Å². The molecule has 1 aliphatic heterocycles. The van der Waals surface area contributed by atoms with E-state index in [1.54, 1.807) is 45.0 Å². The number of Topliss-reactive ketones (excluding diaryl/α,β-unsaturated/α-hetero) is 1. The Morgan fingerprint density at radius 3 is 2.41 bits per heavy atom. The van der Waals surface area contributed by atoms with Crippen LogP contribution in [0.25, 0.3) is 0 Å². The van der Waals surface area contributed by atoms with E-state index in [0.29, 0.717) is 5.56 Å². The monoisotopic (exact) mass is 436 g/mol. The van der Waals surface area contributed by atoms with Gasteiger partial charge >= 0.3 is 12.1 Å². The zero-order valence-electron chi connectivity index (χ0n) is 15.4. The topological polar surface area (TPSA) is 108 Å². The Labute approximate surface area is 166 Å². The van der Waals surface area contributed by atoms with Crippen LogP contribution >= 0.6 is 15.9 Å². The Hall–Kier alpha value is -2.40. The molecule has 1 aromatic rings. The van der Waals surface area contributed by atoms with Crippen LogP contribution in [-0.2, 0) is 9.53 Å². The van der Waals surface area contributed by atoms with Crippen LogP contribution in [0.15, 0.2) is 28.7 Å². The van der Waals surface area contributed by atoms with Crippen molar-refractivity contribution in [3.05, 3.63) is 34.3 Å². The minimum absolute atomic E-state index is 0.0919. The first-order chi connectivity index (χ1) is 12.5. The van der Waals surface area contributed by atoms with Gasteiger partial charge in [0.1, 0.15) is 5.60 Å². The van der Waals surface area contributed by atoms with Crippen molar-refractivity contribution in [2.75, 3.05) is 6.54 Å². The molecule has 2 atom stereocenters. The summed E-state index contributed by atoms with van der Waals surface area (Å²) in [5.41, 5.74) is -2.31. The fourth-order valence-electron chi connectivity index (χ4n) is 3.08. The van der Waals surface area contributed by atoms with Gasteiger partial charge in [0.25, 0.3) is 0 Å². The standard InChI is InChI=1S/C19H21BrN2O5/c1-18(2,3)27-17(26)22-11-12(10-21)8-19(22,16(24)25)9-15(23)13-4-6-14(20)7-5-13/h4-7,12H,8-9,11H2,1-3H3,(H,24,25). The van der Waals surface area contributed by atoms with Gasteiger partial charge in [0, 0.05) is 23.0 Å². The summed E-state index contributed by atoms with van der Waals surface area (Å²) in [5.74, 6) is -2.43. The van der Waals surface area contributed by atoms with Crippen LogP contribution in [0.4, 0.5) is 4.79 Å². The Bertz CT molecular complexity index is 794. The van der Waals surface area contributed by atoms with Gasteiger partial charge in [-0.3, -0.25) is 9.69 Å². The molecule has 1 aliphatic rings. The molecule has 1 saturated heterocycles. The largest absolute Gasteiger partial charge is 0.479 e. The molecular formula is C19H21BrN2O5. The zero-order chi connectivity index (χ0) is 20.4. The van der Waals surface area contributed by atoms with E-state index < -0.39 is 41.3 Å². The molecule has 0 spiro atoms. The third-order valence-electron chi connectivity index (χ3n) is 4.32. The normalized spacial score (nSPS) is 22.2. The lowest BCUT2D eigenvalue weighted by Gasteiger charge is -2.35. The summed E-state index contributed by atoms with van der Waals surface area (Å²) in [6.45, 7) is 4.90. The van der Waals surface area contributed by atoms with Gasteiger partial charge in [-0.1, -0.05) is 28.1 Å². The summed E-state index contributed by atoms with van der Waals surface area (Å²) in [7, 11) is 0. The number of amides is 1. The van der Waals surface area contributed by atoms with Gasteiger partial charge in [-0.25, -0.2) is 9.59 Å². The predicted molar refractivity (Wildman–Crippen MR) is 100 cm³/mol. The van der Waals surface area contributed by atoms with Crippen molar-refractivity contribution in [2.45, 2.75) is 44.8 Å². The Morgan fingerprint density at radius 2 is 1.93 bits per heavy atom. The third-order valence-corrected chi connectivity index (χ3v) is 4.85. The van der Waals surface area contributed by atoms with Crippen molar-refractivity contribution in [2.24, 2.45) is 5.92 Å². The summed E-state index contributed by atoms with van der Waals surface area (Å²) >= 11 is 3.28. The quantitative estimate of drug-likeness (QED) is 0.721. The van der Waals surface area contributed by atoms with Gasteiger partial charge in [-0.2, -0.15) is 5.26 Å². The number of ether oxygens (including phenoxy) is 1. The number of carbonyl (C=O) groups excluding carboxylic acids is 2. The van der Waals surface area contributed by atoms with Crippen molar-refractivity contribution in [1.82, 2.24) is 4.90 Å². The maximum absolute atomic E-state index is 12.7. The van der Waals surface area contributed by atoms with Crippen LogP contribution in [-0.4, -0.2) is 45.5 Å². The molecule has 0 aromatic heterocycles. The SMILES string of the molecule is CC(C)(C)OC(=O)N1CC(C#N)CC1(CC(=O)c1ccc(Br)cc1)C(=O)O. The number of ketones is 1. The van der Waals surface area contributed by atoms with Crippen LogP contribution in [0.5, 0.6) is 0 Å². The fraction of sp³-hybridized carbons (Fsp3) is 0.474. The van der Waals surface area contributed by atoms with E-state index in [4.69, 9.17) is 4.74 Å². The van der Waals surface area contributed by atoms with Gasteiger partial charge in [0.15, 0.2) is 11.3 Å². The molecule has 1 heterocycles. The van der Waals surface area contributed by atoms with Crippen molar-refractivity contribution >= 4 is 33.8 Å². The highest BCUT2D eigenvalue weighted by molar-refractivity contribution is 9.10. The molecule has 27 heavy (non-hydrogen) atoms. The summed E-state index contributed by atoms with van der Waals surface area (Å²) in [6.07, 6.45) is -1.40. The molecule has 0 radical (unpaired) electrons. The van der Waals surface area contributed by atoms with Crippen LogP contribution in [0.2, 0.25) is 0 Å². The Morgan fingerprint density at radius 1 is 1.33 bits per heavy atom. The molecule has 2 unspecified atom stereocenters. The first-order valence-corrected chi connectivity index (χ1v) is 9.20. The lowest BCUT2D eigenvalue weighted by Crippen LogP contribution is -2.55. The molecule has 0 bridgehead atoms. The fourth-order valence-corrected chi connectivity index (χ4v) is 3.34. The van der Waals surface area contributed by atoms with E-state index in [0.717, 1.165) is 9.37 Å². The number of benzene rings is 1. The number of rotatable bonds is 4. The average molecular weight is 437 g/mol. The predicted octanol–water partition coefficient (Wildman–Crippen LogP) is 3.63. The second-order valence-electron chi connectivity index (χ2n) is 7.56. The van der Waals surface area contributed by atoms with E-state index in [1.807, 2.05) is 6.07 Å². The van der Waals surface area contributed by atoms with Crippen LogP contribution in [0.1, 0.15) is 44.0 Å². The minimum Gasteiger partial charge on any atom is -0.479 e. The second kappa shape index (κ2) is 7.69. The molecule has 2 rings (SSSR count). The Kier molecular flexibility index (Phi) is 5.95. The van der Waals surface area contributed by atoms with Crippen LogP contribution < -0.4 is 0 Å². The highest BCUT2D eigenvalue weighted by atomic mass is 79.9. The van der Waals surface area contributed by atoms with Crippen LogP contribution in [0, 0.1) is 17.2 Å². The number of aliphatic carboxylic acids is 1. The molecular weight excluding hydrogens is 416 g/mol. The number of hydrogen-bond donors (Lipinski definition) is 1. The molecule has 0 aliphatic carbocycles. The highest BCUT2D eigenvalue weighted by Gasteiger charge is 2.56. The number of carboxylic acid groups (broad SMARTS) is 1. The van der Waals surface area contributed by atoms with Gasteiger partial charge in [-0.05, 0) is 39.3 Å². The van der Waals surface area contributed by atoms with E-state index in [1.165, 1.54) is 0 Å². The third kappa shape index (κ3) is 4.66. The molecule has 8 heteroatoms. The zero-order valence-corrected chi connectivity index (χ0v) is 16.9. The lowest BCUT2D eigenvalue weighted by atomic mass is 9.86. The molecule has 144 valence electrons. The summed E-state index contributed by atoms with van der Waals surface area (Å²) in [6, 6.07) is 8.53. The van der Waals surface area contributed by atoms with Crippen molar-refractivity contribution in [3.8, 4) is 6.07 Å². The molecule has 1 amide bonds. The van der Waals surface area contributed by atoms with Crippen molar-refractivity contribution < 1.29 is 24.2 Å². The highest BCUT2D eigenvalue weighted by Crippen LogP contribution is 2.38. The average Bonchev–Trinajstić information content (AvgIpc) is 2.94. The first kappa shape index (κ1) is 20.9. The molecule has 1 aromatic carbocycles. The lowest BCUT2D eigenvalue weighted by molar-refractivity contribution is -0.149. The minimum atomic E-state index is -1.81. The smallest absolute Gasteiger partial charge is 0.411 e. The summed E-state index contributed by atoms with van der Waals surface area (Å²) in [4.78, 5) is 38.5. The molecule has 1 N–H and O–H groups in total. The van der Waals surface area contributed by atoms with Crippen LogP contribution in [0.3, 0.4) is 0 Å². The number of carbonyl (C=O) groups is 3. The van der Waals surface area contributed by atoms with Crippen molar-refractivity contribution in [3.63, 3.8) is 0 Å². The van der Waals surface area contributed by atoms with E-state index >= 15 is 0 Å². The number of carboxylic acids is 1. The number of nitriles is 1. The number of nitrogens with zero attached hydrogens (tertiary/aromatic N) is 2. The van der Waals surface area contributed by atoms with Gasteiger partial charge < -0.3 is 9.84 Å². The number of halogens is 1. The molecule has 7 nitrogen and oxygen atoms in total. The molecule has 1 fully saturated rings. The van der Waals surface area contributed by atoms with E-state index in [9.17, 15) is 24.8 Å². The Balaban J connectivity index is 2.38. The second-order valence-corrected chi connectivity index (χ2v) is 8.48. The van der Waals surface area contributed by atoms with E-state index in [2.05, 4.69) is 15.9 Å². The van der Waals surface area contributed by atoms with E-state index in [-0.39, 0.29) is 13.0 Å². The molecule has 0 saturated carbocycles. The van der Waals surface area contributed by atoms with Crippen molar-refractivity contribution in [1.29, 1.82) is 5.26 Å². The van der Waals surface area contributed by atoms with Gasteiger partial charge in [-0.15, -0.1) is 0 Å². The number of hydrogen-bond acceptors (Lipinski definition) is 5. The maximum atomic E-state index is 12.7. The maximum Gasteiger partial charge on any atom is 0.411 e. The van der Waals surface area contributed by atoms with Gasteiger partial charge in [0.05, 0.1) is 12.0 Å². The number of likely N-dealkylation sites (tertiary alicyclic amines) is 1. The summed E-state index contributed by atoms with van der Waals surface area (Å²) < 4.78 is 6.10. The summed E-state index contributed by atoms with van der Waals surface area (Å²) in [5, 5.41) is 19.2.